The molecule has 1 saturated heterocycles. The second-order valence-electron chi connectivity index (χ2n) is 6.09. The van der Waals surface area contributed by atoms with Gasteiger partial charge in [0.25, 0.3) is 0 Å². The lowest BCUT2D eigenvalue weighted by Crippen LogP contribution is -2.41. The molecule has 0 saturated carbocycles. The van der Waals surface area contributed by atoms with E-state index in [2.05, 4.69) is 65.4 Å². The monoisotopic (exact) mass is 347 g/mol. The van der Waals surface area contributed by atoms with Crippen molar-refractivity contribution in [2.75, 3.05) is 39.8 Å². The average Bonchev–Trinajstić information content (AvgIpc) is 2.77. The molecule has 1 heterocycles. The van der Waals surface area contributed by atoms with Crippen molar-refractivity contribution >= 4 is 16.5 Å². The molecule has 0 bridgehead atoms. The van der Waals surface area contributed by atoms with Gasteiger partial charge in [-0.2, -0.15) is 0 Å². The third kappa shape index (κ3) is 7.14. The lowest BCUT2D eigenvalue weighted by Gasteiger charge is -2.29. The van der Waals surface area contributed by atoms with E-state index in [1.165, 1.54) is 18.5 Å². The summed E-state index contributed by atoms with van der Waals surface area (Å²) < 4.78 is 3.64. The van der Waals surface area contributed by atoms with Gasteiger partial charge in [0.1, 0.15) is 0 Å². The molecule has 24 heavy (non-hydrogen) atoms. The van der Waals surface area contributed by atoms with Crippen LogP contribution in [0.25, 0.3) is 0 Å². The first-order valence-corrected chi connectivity index (χ1v) is 9.88. The maximum Gasteiger partial charge on any atom is 0.0546 e. The van der Waals surface area contributed by atoms with Crippen LogP contribution in [0.2, 0.25) is 0 Å². The number of allylic oxidation sites excluding steroid dienone is 4. The van der Waals surface area contributed by atoms with Crippen molar-refractivity contribution in [3.63, 3.8) is 0 Å². The molecule has 0 aliphatic carbocycles. The Balaban J connectivity index is 2.92. The second-order valence-corrected chi connectivity index (χ2v) is 7.63. The van der Waals surface area contributed by atoms with Crippen LogP contribution in [0, 0.1) is 0 Å². The molecule has 2 unspecified atom stereocenters. The third-order valence-electron chi connectivity index (χ3n) is 4.15. The first kappa shape index (κ1) is 20.8. The molecule has 0 radical (unpaired) electrons. The molecule has 0 spiro atoms. The van der Waals surface area contributed by atoms with Crippen LogP contribution in [0.5, 0.6) is 0 Å². The first-order chi connectivity index (χ1) is 11.5. The van der Waals surface area contributed by atoms with Crippen LogP contribution in [0.1, 0.15) is 13.3 Å². The molecule has 0 aromatic carbocycles. The van der Waals surface area contributed by atoms with Crippen molar-refractivity contribution in [3.8, 4) is 0 Å². The Kier molecular flexibility index (Phi) is 9.88. The van der Waals surface area contributed by atoms with Crippen molar-refractivity contribution in [1.29, 1.82) is 0 Å². The molecule has 1 rings (SSSR count). The summed E-state index contributed by atoms with van der Waals surface area (Å²) in [6, 6.07) is 0.195. The van der Waals surface area contributed by atoms with Gasteiger partial charge in [-0.05, 0) is 39.1 Å². The van der Waals surface area contributed by atoms with E-state index in [1.807, 2.05) is 13.0 Å². The van der Waals surface area contributed by atoms with E-state index >= 15 is 0 Å². The lowest BCUT2D eigenvalue weighted by atomic mass is 10.1. The van der Waals surface area contributed by atoms with E-state index < -0.39 is 0 Å². The van der Waals surface area contributed by atoms with E-state index in [1.54, 1.807) is 6.08 Å². The topological polar surface area (TPSA) is 18.5 Å². The average molecular weight is 348 g/mol. The quantitative estimate of drug-likeness (QED) is 0.508. The number of nitrogens with zero attached hydrogens (tertiary/aromatic N) is 2. The molecule has 4 heteroatoms. The molecule has 0 aromatic rings. The number of hydrogen-bond donors (Lipinski definition) is 1. The Morgan fingerprint density at radius 2 is 2.00 bits per heavy atom. The Hall–Kier alpha value is -1.20. The van der Waals surface area contributed by atoms with Crippen LogP contribution in [0.3, 0.4) is 0 Å². The molecular weight excluding hydrogens is 314 g/mol. The molecule has 2 atom stereocenters. The zero-order chi connectivity index (χ0) is 17.9. The fraction of sp³-hybridized carbons (Fsp3) is 0.450. The Morgan fingerprint density at radius 3 is 2.62 bits per heavy atom. The highest BCUT2D eigenvalue weighted by Crippen LogP contribution is 2.21. The van der Waals surface area contributed by atoms with E-state index in [0.717, 1.165) is 31.1 Å². The fourth-order valence-electron chi connectivity index (χ4n) is 2.72. The van der Waals surface area contributed by atoms with E-state index in [9.17, 15) is 0 Å². The van der Waals surface area contributed by atoms with Gasteiger partial charge in [0.15, 0.2) is 0 Å². The van der Waals surface area contributed by atoms with Gasteiger partial charge in [-0.25, -0.2) is 0 Å². The number of hydrogen-bond acceptors (Lipinski definition) is 3. The van der Waals surface area contributed by atoms with Gasteiger partial charge in [-0.15, -0.1) is 0 Å². The minimum atomic E-state index is -0.347. The van der Waals surface area contributed by atoms with Gasteiger partial charge in [-0.3, -0.25) is 4.72 Å². The summed E-state index contributed by atoms with van der Waals surface area (Å²) in [6.07, 6.45) is 11.1. The zero-order valence-corrected chi connectivity index (χ0v) is 16.2. The van der Waals surface area contributed by atoms with Crippen LogP contribution in [0.4, 0.5) is 0 Å². The SMILES string of the molecule is C=C/C=C(\C=C/C)C(CN1CCCN(C)CC1)NS(=C)C(=C)C=C. The second kappa shape index (κ2) is 11.4. The predicted octanol–water partition coefficient (Wildman–Crippen LogP) is 3.59. The molecule has 0 aromatic heterocycles. The number of nitrogens with one attached hydrogen (secondary N) is 1. The molecule has 1 fully saturated rings. The Bertz CT molecular complexity index is 519. The largest absolute Gasteiger partial charge is 0.305 e. The van der Waals surface area contributed by atoms with Crippen molar-refractivity contribution in [1.82, 2.24) is 14.5 Å². The van der Waals surface area contributed by atoms with Crippen LogP contribution in [-0.2, 0) is 0 Å². The summed E-state index contributed by atoms with van der Waals surface area (Å²) in [5.74, 6) is 4.22. The summed E-state index contributed by atoms with van der Waals surface area (Å²) in [6.45, 7) is 19.2. The molecule has 0 amide bonds. The van der Waals surface area contributed by atoms with Crippen molar-refractivity contribution in [3.05, 3.63) is 60.6 Å². The van der Waals surface area contributed by atoms with E-state index in [0.29, 0.717) is 0 Å². The Labute approximate surface area is 151 Å². The molecule has 1 N–H and O–H groups in total. The summed E-state index contributed by atoms with van der Waals surface area (Å²) in [5, 5.41) is 0. The molecule has 1 aliphatic heterocycles. The summed E-state index contributed by atoms with van der Waals surface area (Å²) in [7, 11) is 1.85. The van der Waals surface area contributed by atoms with Crippen LogP contribution < -0.4 is 4.72 Å². The highest BCUT2D eigenvalue weighted by Gasteiger charge is 2.19. The molecule has 1 aliphatic rings. The van der Waals surface area contributed by atoms with Crippen molar-refractivity contribution in [2.45, 2.75) is 19.4 Å². The van der Waals surface area contributed by atoms with Gasteiger partial charge in [-0.1, -0.05) is 66.7 Å². The molecule has 134 valence electrons. The fourth-order valence-corrected chi connectivity index (χ4v) is 3.62. The number of rotatable bonds is 9. The van der Waals surface area contributed by atoms with Crippen molar-refractivity contribution < 1.29 is 0 Å². The van der Waals surface area contributed by atoms with Gasteiger partial charge >= 0.3 is 0 Å². The van der Waals surface area contributed by atoms with Gasteiger partial charge in [0.2, 0.25) is 0 Å². The zero-order valence-electron chi connectivity index (χ0n) is 15.3. The maximum atomic E-state index is 4.22. The third-order valence-corrected chi connectivity index (χ3v) is 5.52. The molecule has 3 nitrogen and oxygen atoms in total. The van der Waals surface area contributed by atoms with Crippen molar-refractivity contribution in [2.24, 2.45) is 0 Å². The molecular formula is C20H33N3S. The van der Waals surface area contributed by atoms with Crippen LogP contribution in [-0.4, -0.2) is 61.5 Å². The minimum Gasteiger partial charge on any atom is -0.305 e. The highest BCUT2D eigenvalue weighted by molar-refractivity contribution is 8.16. The van der Waals surface area contributed by atoms with Gasteiger partial charge in [0.05, 0.1) is 6.04 Å². The Morgan fingerprint density at radius 1 is 1.25 bits per heavy atom. The standard InChI is InChI=1S/C20H33N3S/c1-7-11-19(12-8-2)20(21-24(6)18(4)9-3)17-23-14-10-13-22(5)15-16-23/h7-9,11-12,20-21H,1,3-4,6,10,13-17H2,2,5H3/b12-8-,19-11+. The smallest absolute Gasteiger partial charge is 0.0546 e. The summed E-state index contributed by atoms with van der Waals surface area (Å²) >= 11 is 0. The predicted molar refractivity (Wildman–Crippen MR) is 113 cm³/mol. The van der Waals surface area contributed by atoms with Gasteiger partial charge in [0, 0.05) is 24.5 Å². The van der Waals surface area contributed by atoms with Gasteiger partial charge < -0.3 is 9.80 Å². The minimum absolute atomic E-state index is 0.195. The normalized spacial score (nSPS) is 20.5. The van der Waals surface area contributed by atoms with Crippen LogP contribution >= 0.6 is 10.7 Å². The summed E-state index contributed by atoms with van der Waals surface area (Å²) in [4.78, 5) is 5.88. The van der Waals surface area contributed by atoms with E-state index in [4.69, 9.17) is 0 Å². The van der Waals surface area contributed by atoms with Crippen LogP contribution in [0.15, 0.2) is 60.6 Å². The lowest BCUT2D eigenvalue weighted by molar-refractivity contribution is 0.266. The maximum absolute atomic E-state index is 4.22. The first-order valence-electron chi connectivity index (χ1n) is 8.49. The van der Waals surface area contributed by atoms with E-state index in [-0.39, 0.29) is 16.7 Å². The number of likely N-dealkylation sites (N-methyl/N-ethyl adjacent to an activating group) is 1. The highest BCUT2D eigenvalue weighted by atomic mass is 32.2. The summed E-state index contributed by atoms with van der Waals surface area (Å²) in [5.41, 5.74) is 1.23.